The average Bonchev–Trinajstić information content (AvgIpc) is 2.22. The Bertz CT molecular complexity index is 250. The minimum Gasteiger partial charge on any atom is -0.298 e. The van der Waals surface area contributed by atoms with Crippen LogP contribution in [0.15, 0.2) is 29.2 Å². The monoisotopic (exact) mass is 197 g/mol. The molecule has 0 aliphatic rings. The summed E-state index contributed by atoms with van der Waals surface area (Å²) in [6.45, 7) is 4.00. The molecule has 0 atom stereocenters. The highest BCUT2D eigenvalue weighted by Gasteiger charge is 1.97. The first-order chi connectivity index (χ1) is 6.38. The minimum atomic E-state index is 0.729. The van der Waals surface area contributed by atoms with E-state index in [1.807, 2.05) is 39.1 Å². The van der Waals surface area contributed by atoms with E-state index in [4.69, 9.17) is 0 Å². The lowest BCUT2D eigenvalue weighted by atomic mass is 10.2. The smallest absolute Gasteiger partial charge is 0.151 e. The van der Waals surface area contributed by atoms with Crippen molar-refractivity contribution in [2.24, 2.45) is 0 Å². The van der Waals surface area contributed by atoms with Crippen LogP contribution in [0.25, 0.3) is 0 Å². The number of aldehydes is 1. The highest BCUT2D eigenvalue weighted by atomic mass is 32.2. The second-order valence-electron chi connectivity index (χ2n) is 1.96. The second-order valence-corrected chi connectivity index (χ2v) is 3.01. The number of hydrogen-bond acceptors (Lipinski definition) is 3. The van der Waals surface area contributed by atoms with Gasteiger partial charge in [-0.15, -0.1) is 0 Å². The summed E-state index contributed by atoms with van der Waals surface area (Å²) in [7, 11) is 1.83. The highest BCUT2D eigenvalue weighted by molar-refractivity contribution is 7.97. The van der Waals surface area contributed by atoms with Gasteiger partial charge in [0.05, 0.1) is 0 Å². The van der Waals surface area contributed by atoms with Crippen LogP contribution in [0.4, 0.5) is 0 Å². The fourth-order valence-electron chi connectivity index (χ4n) is 0.781. The predicted octanol–water partition coefficient (Wildman–Crippen LogP) is 2.75. The van der Waals surface area contributed by atoms with Gasteiger partial charge in [-0.1, -0.05) is 32.0 Å². The summed E-state index contributed by atoms with van der Waals surface area (Å²) in [5.41, 5.74) is 0.729. The van der Waals surface area contributed by atoms with E-state index in [0.717, 1.165) is 16.7 Å². The zero-order valence-corrected chi connectivity index (χ0v) is 9.02. The average molecular weight is 197 g/mol. The summed E-state index contributed by atoms with van der Waals surface area (Å²) in [6, 6.07) is 7.47. The number of carbonyl (C=O) groups excluding carboxylic acids is 1. The first-order valence-electron chi connectivity index (χ1n) is 4.26. The Labute approximate surface area is 83.9 Å². The number of carbonyl (C=O) groups is 1. The van der Waals surface area contributed by atoms with E-state index >= 15 is 0 Å². The molecule has 0 radical (unpaired) electrons. The maximum Gasteiger partial charge on any atom is 0.151 e. The van der Waals surface area contributed by atoms with Crippen LogP contribution in [0, 0.1) is 0 Å². The van der Waals surface area contributed by atoms with Crippen LogP contribution in [-0.4, -0.2) is 13.3 Å². The van der Waals surface area contributed by atoms with Gasteiger partial charge in [-0.05, 0) is 25.1 Å². The van der Waals surface area contributed by atoms with Gasteiger partial charge in [0.15, 0.2) is 6.29 Å². The molecule has 13 heavy (non-hydrogen) atoms. The quantitative estimate of drug-likeness (QED) is 0.596. The van der Waals surface area contributed by atoms with Crippen LogP contribution in [0.5, 0.6) is 0 Å². The summed E-state index contributed by atoms with van der Waals surface area (Å²) in [6.07, 6.45) is 0.861. The Balaban J connectivity index is 0.000000671. The molecule has 0 spiro atoms. The van der Waals surface area contributed by atoms with Crippen molar-refractivity contribution in [2.45, 2.75) is 18.7 Å². The molecule has 0 saturated heterocycles. The van der Waals surface area contributed by atoms with Crippen LogP contribution in [0.2, 0.25) is 0 Å². The molecule has 1 rings (SSSR count). The van der Waals surface area contributed by atoms with Gasteiger partial charge in [0.2, 0.25) is 0 Å². The van der Waals surface area contributed by atoms with Crippen LogP contribution in [0.1, 0.15) is 24.2 Å². The van der Waals surface area contributed by atoms with Gasteiger partial charge in [0, 0.05) is 10.5 Å². The molecule has 0 saturated carbocycles. The summed E-state index contributed by atoms with van der Waals surface area (Å²) in [4.78, 5) is 11.4. The molecule has 0 aliphatic carbocycles. The van der Waals surface area contributed by atoms with E-state index < -0.39 is 0 Å². The molecule has 0 fully saturated rings. The van der Waals surface area contributed by atoms with E-state index in [-0.39, 0.29) is 0 Å². The van der Waals surface area contributed by atoms with Crippen LogP contribution >= 0.6 is 11.9 Å². The topological polar surface area (TPSA) is 29.1 Å². The van der Waals surface area contributed by atoms with Crippen LogP contribution < -0.4 is 4.72 Å². The fraction of sp³-hybridized carbons (Fsp3) is 0.300. The normalized spacial score (nSPS) is 8.54. The Morgan fingerprint density at radius 3 is 2.46 bits per heavy atom. The Hall–Kier alpha value is -0.800. The largest absolute Gasteiger partial charge is 0.298 e. The van der Waals surface area contributed by atoms with Crippen molar-refractivity contribution in [2.75, 3.05) is 7.05 Å². The Morgan fingerprint density at radius 2 is 1.92 bits per heavy atom. The van der Waals surface area contributed by atoms with Crippen molar-refractivity contribution in [1.82, 2.24) is 4.72 Å². The minimum absolute atomic E-state index is 0.729. The molecule has 3 heteroatoms. The van der Waals surface area contributed by atoms with E-state index in [0.29, 0.717) is 0 Å². The van der Waals surface area contributed by atoms with Gasteiger partial charge >= 0.3 is 0 Å². The summed E-state index contributed by atoms with van der Waals surface area (Å²) in [5.74, 6) is 0. The number of rotatable bonds is 3. The van der Waals surface area contributed by atoms with Crippen molar-refractivity contribution in [1.29, 1.82) is 0 Å². The third kappa shape index (κ3) is 4.10. The molecule has 0 bridgehead atoms. The van der Waals surface area contributed by atoms with Gasteiger partial charge in [0.25, 0.3) is 0 Å². The fourth-order valence-corrected chi connectivity index (χ4v) is 1.38. The Kier molecular flexibility index (Phi) is 7.35. The lowest BCUT2D eigenvalue weighted by molar-refractivity contribution is 0.112. The molecule has 0 heterocycles. The Morgan fingerprint density at radius 1 is 1.31 bits per heavy atom. The lowest BCUT2D eigenvalue weighted by Crippen LogP contribution is -1.93. The highest BCUT2D eigenvalue weighted by Crippen LogP contribution is 2.17. The standard InChI is InChI=1S/C8H9NOS.C2H6/c1-9-11-8-5-3-2-4-7(8)6-10;1-2/h2-6,9H,1H3;1-2H3. The maximum absolute atomic E-state index is 10.5. The van der Waals surface area contributed by atoms with Crippen LogP contribution in [-0.2, 0) is 0 Å². The van der Waals surface area contributed by atoms with Crippen molar-refractivity contribution in [3.63, 3.8) is 0 Å². The van der Waals surface area contributed by atoms with Crippen molar-refractivity contribution >= 4 is 18.2 Å². The third-order valence-electron chi connectivity index (χ3n) is 1.26. The molecule has 2 nitrogen and oxygen atoms in total. The lowest BCUT2D eigenvalue weighted by Gasteiger charge is -2.00. The van der Waals surface area contributed by atoms with Gasteiger partial charge in [-0.2, -0.15) is 0 Å². The molecular formula is C10H15NOS. The SMILES string of the molecule is CC.CNSc1ccccc1C=O. The number of hydrogen-bond donors (Lipinski definition) is 1. The number of nitrogens with one attached hydrogen (secondary N) is 1. The molecule has 0 amide bonds. The van der Waals surface area contributed by atoms with Crippen molar-refractivity contribution < 1.29 is 4.79 Å². The zero-order chi connectivity index (χ0) is 10.1. The molecule has 0 unspecified atom stereocenters. The maximum atomic E-state index is 10.5. The molecule has 72 valence electrons. The summed E-state index contributed by atoms with van der Waals surface area (Å²) in [5, 5.41) is 0. The van der Waals surface area contributed by atoms with Gasteiger partial charge < -0.3 is 0 Å². The first kappa shape index (κ1) is 12.2. The molecular weight excluding hydrogens is 182 g/mol. The number of benzene rings is 1. The molecule has 1 N–H and O–H groups in total. The second kappa shape index (κ2) is 7.83. The predicted molar refractivity (Wildman–Crippen MR) is 58.1 cm³/mol. The summed E-state index contributed by atoms with van der Waals surface area (Å²) >= 11 is 1.45. The molecule has 1 aromatic carbocycles. The third-order valence-corrected chi connectivity index (χ3v) is 2.05. The van der Waals surface area contributed by atoms with Gasteiger partial charge in [-0.3, -0.25) is 9.52 Å². The van der Waals surface area contributed by atoms with Crippen molar-refractivity contribution in [3.05, 3.63) is 29.8 Å². The first-order valence-corrected chi connectivity index (χ1v) is 5.08. The van der Waals surface area contributed by atoms with Gasteiger partial charge in [0.1, 0.15) is 0 Å². The van der Waals surface area contributed by atoms with E-state index in [9.17, 15) is 4.79 Å². The molecule has 0 aliphatic heterocycles. The molecule has 0 aromatic heterocycles. The van der Waals surface area contributed by atoms with Crippen molar-refractivity contribution in [3.8, 4) is 0 Å². The zero-order valence-electron chi connectivity index (χ0n) is 8.20. The van der Waals surface area contributed by atoms with E-state index in [2.05, 4.69) is 4.72 Å². The van der Waals surface area contributed by atoms with Crippen LogP contribution in [0.3, 0.4) is 0 Å². The molecule has 1 aromatic rings. The van der Waals surface area contributed by atoms with E-state index in [1.165, 1.54) is 11.9 Å². The van der Waals surface area contributed by atoms with Gasteiger partial charge in [-0.25, -0.2) is 0 Å². The van der Waals surface area contributed by atoms with E-state index in [1.54, 1.807) is 6.07 Å². The summed E-state index contributed by atoms with van der Waals surface area (Å²) < 4.78 is 2.92.